The molecule has 7 nitrogen and oxygen atoms in total. The van der Waals surface area contributed by atoms with Crippen LogP contribution in [0.15, 0.2) is 24.3 Å². The van der Waals surface area contributed by atoms with Crippen LogP contribution < -0.4 is 10.7 Å². The fourth-order valence-corrected chi connectivity index (χ4v) is 1.92. The van der Waals surface area contributed by atoms with Crippen LogP contribution in [-0.2, 0) is 10.2 Å². The van der Waals surface area contributed by atoms with E-state index in [-0.39, 0.29) is 5.56 Å². The number of carbonyl (C=O) groups excluding carboxylic acids is 1. The van der Waals surface area contributed by atoms with Crippen LogP contribution in [0.1, 0.15) is 10.4 Å². The molecule has 1 heterocycles. The molecule has 0 aromatic heterocycles. The predicted molar refractivity (Wildman–Crippen MR) is 55.7 cm³/mol. The summed E-state index contributed by atoms with van der Waals surface area (Å²) in [6.07, 6.45) is 0. The van der Waals surface area contributed by atoms with Gasteiger partial charge in [0.05, 0.1) is 0 Å². The third-order valence-corrected chi connectivity index (χ3v) is 3.09. The van der Waals surface area contributed by atoms with Crippen molar-refractivity contribution in [2.75, 3.05) is 0 Å². The Kier molecular flexibility index (Phi) is 2.60. The third kappa shape index (κ3) is 2.01. The molecule has 0 saturated carbocycles. The number of halogens is 1. The standard InChI is InChI=1S/C7H7ClN4O3S/c8-6-3-1-5(2-4-6)7(13)11(9)12-10-16(12,14)15/h1-4,10H,9H2. The number of nitrogens with one attached hydrogen (secondary N) is 1. The van der Waals surface area contributed by atoms with Gasteiger partial charge in [0, 0.05) is 15.1 Å². The van der Waals surface area contributed by atoms with Crippen LogP contribution in [0.25, 0.3) is 0 Å². The average Bonchev–Trinajstić information content (AvgIpc) is 2.87. The van der Waals surface area contributed by atoms with Gasteiger partial charge in [0.2, 0.25) is 0 Å². The molecule has 0 aliphatic carbocycles. The van der Waals surface area contributed by atoms with Gasteiger partial charge >= 0.3 is 10.2 Å². The first-order valence-corrected chi connectivity index (χ1v) is 5.91. The lowest BCUT2D eigenvalue weighted by Gasteiger charge is -2.12. The summed E-state index contributed by atoms with van der Waals surface area (Å²) in [5, 5.41) is 0.941. The van der Waals surface area contributed by atoms with Crippen LogP contribution >= 0.6 is 11.6 Å². The van der Waals surface area contributed by atoms with E-state index in [2.05, 4.69) is 0 Å². The topological polar surface area (TPSA) is 105 Å². The zero-order valence-corrected chi connectivity index (χ0v) is 9.36. The van der Waals surface area contributed by atoms with Gasteiger partial charge in [-0.3, -0.25) is 4.79 Å². The molecule has 1 saturated heterocycles. The van der Waals surface area contributed by atoms with Crippen molar-refractivity contribution in [3.8, 4) is 0 Å². The molecule has 2 rings (SSSR count). The fourth-order valence-electron chi connectivity index (χ4n) is 1.05. The number of hydrazine groups is 3. The van der Waals surface area contributed by atoms with Crippen LogP contribution in [0.5, 0.6) is 0 Å². The van der Waals surface area contributed by atoms with Gasteiger partial charge in [0.25, 0.3) is 5.91 Å². The van der Waals surface area contributed by atoms with Crippen LogP contribution in [0.3, 0.4) is 0 Å². The summed E-state index contributed by atoms with van der Waals surface area (Å²) < 4.78 is 22.2. The van der Waals surface area contributed by atoms with Crippen LogP contribution in [-0.4, -0.2) is 24.0 Å². The van der Waals surface area contributed by atoms with Crippen molar-refractivity contribution < 1.29 is 13.2 Å². The van der Waals surface area contributed by atoms with E-state index < -0.39 is 16.1 Å². The molecule has 0 bridgehead atoms. The zero-order chi connectivity index (χ0) is 11.9. The lowest BCUT2D eigenvalue weighted by molar-refractivity contribution is 0.0456. The minimum absolute atomic E-state index is 0.232. The number of hydrogen-bond donors (Lipinski definition) is 2. The summed E-state index contributed by atoms with van der Waals surface area (Å²) in [6.45, 7) is 0. The smallest absolute Gasteiger partial charge is 0.266 e. The summed E-state index contributed by atoms with van der Waals surface area (Å²) >= 11 is 5.64. The molecule has 1 unspecified atom stereocenters. The van der Waals surface area contributed by atoms with Gasteiger partial charge in [-0.2, -0.15) is 13.5 Å². The number of carbonyl (C=O) groups is 1. The summed E-state index contributed by atoms with van der Waals surface area (Å²) in [6, 6.07) is 5.90. The minimum Gasteiger partial charge on any atom is -0.266 e. The monoisotopic (exact) mass is 262 g/mol. The second-order valence-electron chi connectivity index (χ2n) is 3.00. The molecule has 0 spiro atoms. The second kappa shape index (κ2) is 3.68. The van der Waals surface area contributed by atoms with Gasteiger partial charge < -0.3 is 0 Å². The Morgan fingerprint density at radius 3 is 2.31 bits per heavy atom. The lowest BCUT2D eigenvalue weighted by atomic mass is 10.2. The normalized spacial score (nSPS) is 21.5. The summed E-state index contributed by atoms with van der Waals surface area (Å²) in [5.41, 5.74) is 0.232. The molecule has 16 heavy (non-hydrogen) atoms. The largest absolute Gasteiger partial charge is 0.328 e. The van der Waals surface area contributed by atoms with Gasteiger partial charge in [-0.25, -0.2) is 5.84 Å². The maximum atomic E-state index is 11.6. The Balaban J connectivity index is 2.17. The molecule has 9 heteroatoms. The SMILES string of the molecule is NN(C(=O)c1ccc(Cl)cc1)N1NS1(=O)=O. The zero-order valence-electron chi connectivity index (χ0n) is 7.79. The first-order valence-electron chi connectivity index (χ1n) is 4.09. The van der Waals surface area contributed by atoms with Crippen LogP contribution in [0, 0.1) is 0 Å². The van der Waals surface area contributed by atoms with Gasteiger partial charge in [-0.05, 0) is 24.3 Å². The molecular formula is C7H7ClN4O3S. The maximum Gasteiger partial charge on any atom is 0.328 e. The van der Waals surface area contributed by atoms with Crippen molar-refractivity contribution in [3.05, 3.63) is 34.9 Å². The highest BCUT2D eigenvalue weighted by atomic mass is 35.5. The average molecular weight is 263 g/mol. The molecule has 86 valence electrons. The van der Waals surface area contributed by atoms with E-state index in [9.17, 15) is 13.2 Å². The number of nitrogens with two attached hydrogens (primary N) is 1. The van der Waals surface area contributed by atoms with Crippen molar-refractivity contribution in [1.29, 1.82) is 0 Å². The van der Waals surface area contributed by atoms with Gasteiger partial charge in [-0.1, -0.05) is 16.4 Å². The van der Waals surface area contributed by atoms with E-state index in [1.807, 2.05) is 4.83 Å². The van der Waals surface area contributed by atoms with E-state index in [0.717, 1.165) is 0 Å². The molecule has 3 N–H and O–H groups in total. The Hall–Kier alpha value is -1.19. The van der Waals surface area contributed by atoms with E-state index in [4.69, 9.17) is 17.4 Å². The first-order chi connectivity index (χ1) is 7.42. The number of rotatable bonds is 2. The Labute approximate surface area is 96.5 Å². The Morgan fingerprint density at radius 1 is 1.38 bits per heavy atom. The third-order valence-electron chi connectivity index (χ3n) is 1.88. The van der Waals surface area contributed by atoms with E-state index in [1.54, 1.807) is 0 Å². The Morgan fingerprint density at radius 2 is 1.88 bits per heavy atom. The quantitative estimate of drug-likeness (QED) is 0.328. The summed E-state index contributed by atoms with van der Waals surface area (Å²) in [4.78, 5) is 13.6. The fraction of sp³-hybridized carbons (Fsp3) is 0. The predicted octanol–water partition coefficient (Wildman–Crippen LogP) is -0.364. The summed E-state index contributed by atoms with van der Waals surface area (Å²) in [5.74, 6) is 4.64. The summed E-state index contributed by atoms with van der Waals surface area (Å²) in [7, 11) is -3.58. The molecule has 1 atom stereocenters. The van der Waals surface area contributed by atoms with Gasteiger partial charge in [0.15, 0.2) is 0 Å². The molecule has 1 aromatic carbocycles. The second-order valence-corrected chi connectivity index (χ2v) is 4.91. The highest BCUT2D eigenvalue weighted by molar-refractivity contribution is 7.92. The van der Waals surface area contributed by atoms with Crippen molar-refractivity contribution in [2.45, 2.75) is 0 Å². The molecule has 1 aromatic rings. The molecule has 1 fully saturated rings. The number of amides is 1. The molecule has 0 radical (unpaired) electrons. The van der Waals surface area contributed by atoms with Crippen molar-refractivity contribution in [1.82, 2.24) is 14.5 Å². The minimum atomic E-state index is -3.58. The number of hydrogen-bond acceptors (Lipinski definition) is 4. The van der Waals surface area contributed by atoms with E-state index in [0.29, 0.717) is 14.7 Å². The molecular weight excluding hydrogens is 256 g/mol. The van der Waals surface area contributed by atoms with Crippen molar-refractivity contribution in [3.63, 3.8) is 0 Å². The van der Waals surface area contributed by atoms with Gasteiger partial charge in [-0.15, -0.1) is 0 Å². The van der Waals surface area contributed by atoms with Crippen molar-refractivity contribution in [2.24, 2.45) is 5.84 Å². The maximum absolute atomic E-state index is 11.6. The lowest BCUT2D eigenvalue weighted by Crippen LogP contribution is -2.43. The molecule has 1 amide bonds. The highest BCUT2D eigenvalue weighted by Crippen LogP contribution is 2.16. The van der Waals surface area contributed by atoms with E-state index >= 15 is 0 Å². The van der Waals surface area contributed by atoms with Crippen LogP contribution in [0.2, 0.25) is 5.02 Å². The highest BCUT2D eigenvalue weighted by Gasteiger charge is 2.46. The van der Waals surface area contributed by atoms with E-state index in [1.165, 1.54) is 24.3 Å². The number of benzene rings is 1. The first kappa shape index (κ1) is 11.3. The Bertz CT molecular complexity index is 529. The molecule has 1 aliphatic rings. The van der Waals surface area contributed by atoms with Crippen molar-refractivity contribution >= 4 is 27.7 Å². The number of nitrogens with zero attached hydrogens (tertiary/aromatic N) is 2. The van der Waals surface area contributed by atoms with Crippen LogP contribution in [0.4, 0.5) is 0 Å². The molecule has 1 aliphatic heterocycles. The van der Waals surface area contributed by atoms with Gasteiger partial charge in [0.1, 0.15) is 0 Å².